The van der Waals surface area contributed by atoms with Crippen molar-refractivity contribution in [1.29, 1.82) is 0 Å². The fourth-order valence-electron chi connectivity index (χ4n) is 1.02. The molecule has 0 amide bonds. The van der Waals surface area contributed by atoms with Gasteiger partial charge in [-0.1, -0.05) is 24.9 Å². The number of rotatable bonds is 3. The Kier molecular flexibility index (Phi) is 3.35. The van der Waals surface area contributed by atoms with E-state index in [4.69, 9.17) is 11.6 Å². The first-order valence-electron chi connectivity index (χ1n) is 4.06. The van der Waals surface area contributed by atoms with Crippen molar-refractivity contribution in [1.82, 2.24) is 4.98 Å². The van der Waals surface area contributed by atoms with Crippen LogP contribution in [0.4, 0.5) is 0 Å². The predicted molar refractivity (Wildman–Crippen MR) is 48.0 cm³/mol. The minimum atomic E-state index is -0.118. The second kappa shape index (κ2) is 4.31. The van der Waals surface area contributed by atoms with Crippen LogP contribution in [0.25, 0.3) is 0 Å². The Bertz CT molecular complexity index is 263. The van der Waals surface area contributed by atoms with Crippen LogP contribution in [0, 0.1) is 0 Å². The van der Waals surface area contributed by atoms with E-state index in [0.29, 0.717) is 0 Å². The van der Waals surface area contributed by atoms with Gasteiger partial charge in [-0.15, -0.1) is 0 Å². The van der Waals surface area contributed by atoms with Crippen molar-refractivity contribution in [3.63, 3.8) is 0 Å². The Morgan fingerprint density at radius 2 is 2.33 bits per heavy atom. The van der Waals surface area contributed by atoms with Crippen LogP contribution >= 0.6 is 11.6 Å². The van der Waals surface area contributed by atoms with Crippen LogP contribution in [0.2, 0.25) is 5.15 Å². The summed E-state index contributed by atoms with van der Waals surface area (Å²) >= 11 is 5.57. The first-order valence-corrected chi connectivity index (χ1v) is 4.44. The van der Waals surface area contributed by atoms with E-state index in [1.54, 1.807) is 12.3 Å². The third kappa shape index (κ3) is 2.11. The Hall–Kier alpha value is -0.760. The Labute approximate surface area is 77.2 Å². The van der Waals surface area contributed by atoms with E-state index in [1.807, 2.05) is 0 Å². The van der Waals surface area contributed by atoms with Crippen LogP contribution in [0.15, 0.2) is 12.3 Å². The van der Waals surface area contributed by atoms with E-state index < -0.39 is 0 Å². The zero-order chi connectivity index (χ0) is 8.97. The highest BCUT2D eigenvalue weighted by Crippen LogP contribution is 2.26. The molecule has 3 heteroatoms. The summed E-state index contributed by atoms with van der Waals surface area (Å²) in [6.45, 7) is 2.09. The van der Waals surface area contributed by atoms with Crippen molar-refractivity contribution < 1.29 is 5.11 Å². The minimum Gasteiger partial charge on any atom is -0.286 e. The summed E-state index contributed by atoms with van der Waals surface area (Å²) in [5.41, 5.74) is 0.775. The van der Waals surface area contributed by atoms with Crippen molar-refractivity contribution in [2.45, 2.75) is 26.2 Å². The lowest BCUT2D eigenvalue weighted by Gasteiger charge is -2.00. The van der Waals surface area contributed by atoms with E-state index in [1.165, 1.54) is 0 Å². The largest absolute Gasteiger partial charge is 0.286 e. The zero-order valence-electron chi connectivity index (χ0n) is 7.01. The minimum absolute atomic E-state index is 0.0867. The first-order chi connectivity index (χ1) is 5.75. The zero-order valence-corrected chi connectivity index (χ0v) is 7.77. The summed E-state index contributed by atoms with van der Waals surface area (Å²) in [6, 6.07) is 1.74. The molecule has 65 valence electrons. The van der Waals surface area contributed by atoms with Gasteiger partial charge in [-0.05, 0) is 18.9 Å². The van der Waals surface area contributed by atoms with Gasteiger partial charge >= 0.3 is 0 Å². The molecule has 0 saturated carbocycles. The lowest BCUT2D eigenvalue weighted by molar-refractivity contribution is 0.348. The Morgan fingerprint density at radius 3 is 3.00 bits per heavy atom. The SMILES string of the molecule is CCCCc1ccnc(Cl)c1[O]. The molecule has 1 aromatic heterocycles. The van der Waals surface area contributed by atoms with Crippen molar-refractivity contribution in [2.24, 2.45) is 0 Å². The van der Waals surface area contributed by atoms with Crippen LogP contribution in [0.3, 0.4) is 0 Å². The maximum absolute atomic E-state index is 11.3. The molecule has 0 atom stereocenters. The summed E-state index contributed by atoms with van der Waals surface area (Å²) in [5, 5.41) is 11.4. The average Bonchev–Trinajstić information content (AvgIpc) is 2.08. The predicted octanol–water partition coefficient (Wildman–Crippen LogP) is 3.22. The molecule has 1 aromatic rings. The van der Waals surface area contributed by atoms with Crippen LogP contribution in [-0.4, -0.2) is 4.98 Å². The van der Waals surface area contributed by atoms with Gasteiger partial charge in [0, 0.05) is 11.8 Å². The van der Waals surface area contributed by atoms with Gasteiger partial charge in [-0.3, -0.25) is 5.11 Å². The van der Waals surface area contributed by atoms with Gasteiger partial charge in [-0.25, -0.2) is 4.98 Å². The van der Waals surface area contributed by atoms with Crippen molar-refractivity contribution in [2.75, 3.05) is 0 Å². The molecule has 1 heterocycles. The van der Waals surface area contributed by atoms with Gasteiger partial charge in [0.25, 0.3) is 0 Å². The molecule has 0 aliphatic rings. The summed E-state index contributed by atoms with van der Waals surface area (Å²) in [4.78, 5) is 3.70. The summed E-state index contributed by atoms with van der Waals surface area (Å²) in [6.07, 6.45) is 4.49. The van der Waals surface area contributed by atoms with E-state index in [9.17, 15) is 5.11 Å². The molecule has 1 rings (SSSR count). The van der Waals surface area contributed by atoms with Gasteiger partial charge in [-0.2, -0.15) is 0 Å². The normalized spacial score (nSPS) is 10.2. The van der Waals surface area contributed by atoms with Crippen molar-refractivity contribution in [3.05, 3.63) is 23.0 Å². The number of pyridine rings is 1. The molecule has 0 spiro atoms. The highest BCUT2D eigenvalue weighted by atomic mass is 35.5. The van der Waals surface area contributed by atoms with Gasteiger partial charge < -0.3 is 0 Å². The highest BCUT2D eigenvalue weighted by Gasteiger charge is 2.07. The maximum Gasteiger partial charge on any atom is 0.218 e. The van der Waals surface area contributed by atoms with Crippen LogP contribution in [0.5, 0.6) is 5.75 Å². The second-order valence-corrected chi connectivity index (χ2v) is 3.05. The van der Waals surface area contributed by atoms with E-state index >= 15 is 0 Å². The Balaban J connectivity index is 2.78. The maximum atomic E-state index is 11.3. The molecule has 1 radical (unpaired) electrons. The van der Waals surface area contributed by atoms with Crippen LogP contribution in [0.1, 0.15) is 25.3 Å². The lowest BCUT2D eigenvalue weighted by atomic mass is 10.1. The van der Waals surface area contributed by atoms with E-state index in [0.717, 1.165) is 24.8 Å². The third-order valence-electron chi connectivity index (χ3n) is 1.74. The molecule has 0 N–H and O–H groups in total. The summed E-state index contributed by atoms with van der Waals surface area (Å²) in [7, 11) is 0. The number of unbranched alkanes of at least 4 members (excludes halogenated alkanes) is 1. The lowest BCUT2D eigenvalue weighted by Crippen LogP contribution is -1.86. The van der Waals surface area contributed by atoms with E-state index in [-0.39, 0.29) is 10.9 Å². The highest BCUT2D eigenvalue weighted by molar-refractivity contribution is 6.30. The first kappa shape index (κ1) is 9.33. The Morgan fingerprint density at radius 1 is 1.58 bits per heavy atom. The summed E-state index contributed by atoms with van der Waals surface area (Å²) in [5.74, 6) is -0.118. The summed E-state index contributed by atoms with van der Waals surface area (Å²) < 4.78 is 0. The number of hydrogen-bond acceptors (Lipinski definition) is 1. The molecule has 0 unspecified atom stereocenters. The fraction of sp³-hybridized carbons (Fsp3) is 0.444. The quantitative estimate of drug-likeness (QED) is 0.664. The fourth-order valence-corrected chi connectivity index (χ4v) is 1.20. The van der Waals surface area contributed by atoms with Gasteiger partial charge in [0.15, 0.2) is 5.15 Å². The topological polar surface area (TPSA) is 32.8 Å². The van der Waals surface area contributed by atoms with Gasteiger partial charge in [0.2, 0.25) is 5.75 Å². The van der Waals surface area contributed by atoms with Crippen molar-refractivity contribution >= 4 is 11.6 Å². The molecule has 12 heavy (non-hydrogen) atoms. The molecular weight excluding hydrogens is 174 g/mol. The average molecular weight is 185 g/mol. The molecule has 0 aliphatic heterocycles. The molecule has 2 nitrogen and oxygen atoms in total. The molecule has 0 aromatic carbocycles. The smallest absolute Gasteiger partial charge is 0.218 e. The third-order valence-corrected chi connectivity index (χ3v) is 2.01. The molecular formula is C9H11ClNO. The standard InChI is InChI=1S/C9H11ClNO/c1-2-3-4-7-5-6-11-9(10)8(7)12/h5-6H,2-4H2,1H3. The number of aryl methyl sites for hydroxylation is 1. The molecule has 0 aliphatic carbocycles. The number of aromatic nitrogens is 1. The van der Waals surface area contributed by atoms with Crippen LogP contribution in [-0.2, 0) is 11.5 Å². The second-order valence-electron chi connectivity index (χ2n) is 2.69. The van der Waals surface area contributed by atoms with Crippen molar-refractivity contribution in [3.8, 4) is 5.75 Å². The number of nitrogens with zero attached hydrogens (tertiary/aromatic N) is 1. The molecule has 0 saturated heterocycles. The van der Waals surface area contributed by atoms with Crippen LogP contribution < -0.4 is 0 Å². The van der Waals surface area contributed by atoms with Gasteiger partial charge in [0.1, 0.15) is 0 Å². The molecule has 0 bridgehead atoms. The number of hydrogen-bond donors (Lipinski definition) is 0. The van der Waals surface area contributed by atoms with Gasteiger partial charge in [0.05, 0.1) is 0 Å². The monoisotopic (exact) mass is 184 g/mol. The molecule has 0 fully saturated rings. The number of halogens is 1. The van der Waals surface area contributed by atoms with E-state index in [2.05, 4.69) is 11.9 Å².